The van der Waals surface area contributed by atoms with Crippen molar-refractivity contribution in [2.45, 2.75) is 26.8 Å². The summed E-state index contributed by atoms with van der Waals surface area (Å²) in [7, 11) is 2.15. The first-order valence-electron chi connectivity index (χ1n) is 9.31. The van der Waals surface area contributed by atoms with Crippen molar-refractivity contribution in [3.05, 3.63) is 29.8 Å². The predicted octanol–water partition coefficient (Wildman–Crippen LogP) is -0.299. The van der Waals surface area contributed by atoms with Crippen LogP contribution < -0.4 is 20.4 Å². The highest BCUT2D eigenvalue weighted by molar-refractivity contribution is 5.97. The van der Waals surface area contributed by atoms with Gasteiger partial charge in [0.2, 0.25) is 0 Å². The predicted molar refractivity (Wildman–Crippen MR) is 100 cm³/mol. The number of piperazine rings is 1. The Hall–Kier alpha value is -2.12. The van der Waals surface area contributed by atoms with E-state index in [1.807, 2.05) is 25.8 Å². The summed E-state index contributed by atoms with van der Waals surface area (Å²) in [6.07, 6.45) is 0. The Morgan fingerprint density at radius 2 is 1.81 bits per heavy atom. The topological polar surface area (TPSA) is 75.1 Å². The Morgan fingerprint density at radius 3 is 2.35 bits per heavy atom. The first-order valence-corrected chi connectivity index (χ1v) is 9.31. The van der Waals surface area contributed by atoms with Crippen LogP contribution in [0, 0.1) is 5.92 Å². The summed E-state index contributed by atoms with van der Waals surface area (Å²) < 4.78 is 5.39. The largest absolute Gasteiger partial charge is 0.494 e. The minimum absolute atomic E-state index is 0.0141. The SMILES string of the molecule is CCOc1ccc(C(=O)N[C@H](C(=O)NN2CC[NH+](C)CC2)C(C)C)cc1. The van der Waals surface area contributed by atoms with Crippen LogP contribution in [0.4, 0.5) is 0 Å². The van der Waals surface area contributed by atoms with Crippen molar-refractivity contribution in [1.29, 1.82) is 0 Å². The number of nitrogens with one attached hydrogen (secondary N) is 3. The molecule has 0 aromatic heterocycles. The van der Waals surface area contributed by atoms with Crippen molar-refractivity contribution >= 4 is 11.8 Å². The van der Waals surface area contributed by atoms with Crippen LogP contribution in [0.3, 0.4) is 0 Å². The van der Waals surface area contributed by atoms with Gasteiger partial charge in [0, 0.05) is 5.56 Å². The molecule has 1 aromatic carbocycles. The van der Waals surface area contributed by atoms with Crippen molar-refractivity contribution in [1.82, 2.24) is 15.8 Å². The van der Waals surface area contributed by atoms with Crippen LogP contribution >= 0.6 is 0 Å². The average molecular weight is 363 g/mol. The Kier molecular flexibility index (Phi) is 7.41. The Bertz CT molecular complexity index is 595. The second-order valence-corrected chi connectivity index (χ2v) is 7.07. The van der Waals surface area contributed by atoms with Gasteiger partial charge in [-0.2, -0.15) is 0 Å². The van der Waals surface area contributed by atoms with Gasteiger partial charge in [0.05, 0.1) is 39.8 Å². The van der Waals surface area contributed by atoms with Crippen molar-refractivity contribution in [2.24, 2.45) is 5.92 Å². The molecule has 1 fully saturated rings. The van der Waals surface area contributed by atoms with Crippen LogP contribution in [0.15, 0.2) is 24.3 Å². The monoisotopic (exact) mass is 363 g/mol. The molecule has 1 aliphatic heterocycles. The lowest BCUT2D eigenvalue weighted by Crippen LogP contribution is -3.12. The fraction of sp³-hybridized carbons (Fsp3) is 0.579. The maximum atomic E-state index is 12.6. The number of rotatable bonds is 7. The minimum atomic E-state index is -0.582. The van der Waals surface area contributed by atoms with Crippen LogP contribution in [-0.2, 0) is 4.79 Å². The summed E-state index contributed by atoms with van der Waals surface area (Å²) in [6, 6.07) is 6.35. The van der Waals surface area contributed by atoms with E-state index < -0.39 is 6.04 Å². The van der Waals surface area contributed by atoms with Gasteiger partial charge < -0.3 is 15.0 Å². The highest BCUT2D eigenvalue weighted by Gasteiger charge is 2.27. The van der Waals surface area contributed by atoms with Gasteiger partial charge in [-0.15, -0.1) is 0 Å². The van der Waals surface area contributed by atoms with Crippen molar-refractivity contribution in [3.8, 4) is 5.75 Å². The molecule has 0 saturated carbocycles. The summed E-state index contributed by atoms with van der Waals surface area (Å²) >= 11 is 0. The van der Waals surface area contributed by atoms with Gasteiger partial charge in [-0.1, -0.05) is 13.8 Å². The smallest absolute Gasteiger partial charge is 0.257 e. The molecule has 144 valence electrons. The van der Waals surface area contributed by atoms with Crippen LogP contribution in [0.2, 0.25) is 0 Å². The number of carbonyl (C=O) groups is 2. The maximum Gasteiger partial charge on any atom is 0.257 e. The number of ether oxygens (including phenoxy) is 1. The molecule has 0 unspecified atom stereocenters. The number of hydrogen-bond donors (Lipinski definition) is 3. The third-order valence-corrected chi connectivity index (χ3v) is 4.55. The summed E-state index contributed by atoms with van der Waals surface area (Å²) in [5.74, 6) is 0.280. The third kappa shape index (κ3) is 5.71. The molecule has 1 saturated heterocycles. The summed E-state index contributed by atoms with van der Waals surface area (Å²) in [5, 5.41) is 4.80. The zero-order valence-electron chi connectivity index (χ0n) is 16.2. The van der Waals surface area contributed by atoms with E-state index >= 15 is 0 Å². The first kappa shape index (κ1) is 20.2. The fourth-order valence-electron chi connectivity index (χ4n) is 2.85. The molecule has 26 heavy (non-hydrogen) atoms. The quantitative estimate of drug-likeness (QED) is 0.622. The molecular weight excluding hydrogens is 332 g/mol. The number of likely N-dealkylation sites (N-methyl/N-ethyl adjacent to an activating group) is 1. The van der Waals surface area contributed by atoms with Crippen molar-refractivity contribution in [2.75, 3.05) is 39.8 Å². The van der Waals surface area contributed by atoms with E-state index in [4.69, 9.17) is 4.74 Å². The molecule has 7 heteroatoms. The standard InChI is InChI=1S/C19H30N4O3/c1-5-26-16-8-6-15(7-9-16)18(24)20-17(14(2)3)19(25)21-23-12-10-22(4)11-13-23/h6-9,14,17H,5,10-13H2,1-4H3,(H,20,24)(H,21,25)/p+1/t17-/m0/s1. The lowest BCUT2D eigenvalue weighted by molar-refractivity contribution is -0.884. The number of amides is 2. The summed E-state index contributed by atoms with van der Waals surface area (Å²) in [4.78, 5) is 26.6. The normalized spacial score (nSPS) is 17.0. The molecule has 0 spiro atoms. The molecule has 3 N–H and O–H groups in total. The Morgan fingerprint density at radius 1 is 1.19 bits per heavy atom. The second kappa shape index (κ2) is 9.54. The highest BCUT2D eigenvalue weighted by Crippen LogP contribution is 2.13. The van der Waals surface area contributed by atoms with E-state index in [1.165, 1.54) is 4.90 Å². The van der Waals surface area contributed by atoms with Gasteiger partial charge in [-0.05, 0) is 37.1 Å². The molecule has 1 aliphatic rings. The summed E-state index contributed by atoms with van der Waals surface area (Å²) in [6.45, 7) is 9.96. The molecule has 1 aromatic rings. The van der Waals surface area contributed by atoms with Crippen LogP contribution in [0.5, 0.6) is 5.75 Å². The number of nitrogens with zero attached hydrogens (tertiary/aromatic N) is 1. The second-order valence-electron chi connectivity index (χ2n) is 7.07. The molecule has 1 atom stereocenters. The lowest BCUT2D eigenvalue weighted by Gasteiger charge is -2.32. The van der Waals surface area contributed by atoms with Crippen LogP contribution in [0.25, 0.3) is 0 Å². The minimum Gasteiger partial charge on any atom is -0.494 e. The molecular formula is C19H31N4O3+. The van der Waals surface area contributed by atoms with E-state index in [2.05, 4.69) is 17.8 Å². The lowest BCUT2D eigenvalue weighted by atomic mass is 10.0. The molecule has 0 radical (unpaired) electrons. The molecule has 2 rings (SSSR count). The van der Waals surface area contributed by atoms with E-state index in [0.29, 0.717) is 12.2 Å². The number of benzene rings is 1. The van der Waals surface area contributed by atoms with Gasteiger partial charge in [-0.3, -0.25) is 15.0 Å². The van der Waals surface area contributed by atoms with E-state index in [0.717, 1.165) is 31.9 Å². The van der Waals surface area contributed by atoms with Crippen molar-refractivity contribution < 1.29 is 19.2 Å². The summed E-state index contributed by atoms with van der Waals surface area (Å²) in [5.41, 5.74) is 3.46. The maximum absolute atomic E-state index is 12.6. The number of quaternary nitrogens is 1. The van der Waals surface area contributed by atoms with Crippen LogP contribution in [-0.4, -0.2) is 62.7 Å². The molecule has 1 heterocycles. The third-order valence-electron chi connectivity index (χ3n) is 4.55. The zero-order chi connectivity index (χ0) is 19.1. The van der Waals surface area contributed by atoms with E-state index in [-0.39, 0.29) is 17.7 Å². The van der Waals surface area contributed by atoms with Crippen molar-refractivity contribution in [3.63, 3.8) is 0 Å². The average Bonchev–Trinajstić information content (AvgIpc) is 2.62. The van der Waals surface area contributed by atoms with Crippen LogP contribution in [0.1, 0.15) is 31.1 Å². The first-order chi connectivity index (χ1) is 12.4. The van der Waals surface area contributed by atoms with Gasteiger partial charge in [-0.25, -0.2) is 5.01 Å². The van der Waals surface area contributed by atoms with E-state index in [1.54, 1.807) is 24.3 Å². The van der Waals surface area contributed by atoms with Gasteiger partial charge >= 0.3 is 0 Å². The van der Waals surface area contributed by atoms with E-state index in [9.17, 15) is 9.59 Å². The van der Waals surface area contributed by atoms with Gasteiger partial charge in [0.25, 0.3) is 11.8 Å². The molecule has 0 bridgehead atoms. The number of hydrazine groups is 1. The zero-order valence-corrected chi connectivity index (χ0v) is 16.2. The number of hydrogen-bond acceptors (Lipinski definition) is 4. The highest BCUT2D eigenvalue weighted by atomic mass is 16.5. The number of carbonyl (C=O) groups excluding carboxylic acids is 2. The molecule has 7 nitrogen and oxygen atoms in total. The fourth-order valence-corrected chi connectivity index (χ4v) is 2.85. The molecule has 2 amide bonds. The Labute approximate surface area is 155 Å². The Balaban J connectivity index is 1.95. The van der Waals surface area contributed by atoms with Gasteiger partial charge in [0.1, 0.15) is 11.8 Å². The molecule has 0 aliphatic carbocycles. The van der Waals surface area contributed by atoms with Gasteiger partial charge in [0.15, 0.2) is 0 Å².